The van der Waals surface area contributed by atoms with Crippen molar-refractivity contribution in [2.24, 2.45) is 0 Å². The van der Waals surface area contributed by atoms with E-state index in [-0.39, 0.29) is 24.9 Å². The third-order valence-electron chi connectivity index (χ3n) is 12.8. The molecule has 0 rings (SSSR count). The number of unbranched alkanes of at least 4 members (excludes halogenated alkanes) is 36. The maximum absolute atomic E-state index is 13.2. The van der Waals surface area contributed by atoms with Crippen molar-refractivity contribution in [3.63, 3.8) is 0 Å². The molecule has 6 heteroatoms. The minimum atomic E-state index is -0.783. The second kappa shape index (κ2) is 49.6. The van der Waals surface area contributed by atoms with Gasteiger partial charge < -0.3 is 20.3 Å². The summed E-state index contributed by atoms with van der Waals surface area (Å²) in [6.07, 6.45) is 55.6. The zero-order chi connectivity index (χ0) is 44.5. The maximum atomic E-state index is 13.2. The lowest BCUT2D eigenvalue weighted by atomic mass is 10.0. The summed E-state index contributed by atoms with van der Waals surface area (Å²) in [5, 5.41) is 23.8. The van der Waals surface area contributed by atoms with E-state index in [4.69, 9.17) is 4.74 Å². The summed E-state index contributed by atoms with van der Waals surface area (Å²) in [7, 11) is 0. The first kappa shape index (κ1) is 59.6. The number of aliphatic hydroxyl groups excluding tert-OH is 2. The van der Waals surface area contributed by atoms with E-state index in [1.807, 2.05) is 0 Å². The van der Waals surface area contributed by atoms with Gasteiger partial charge in [-0.25, -0.2) is 0 Å². The molecule has 362 valence electrons. The lowest BCUT2D eigenvalue weighted by Crippen LogP contribution is -2.46. The number of esters is 1. The van der Waals surface area contributed by atoms with Crippen LogP contribution in [0.25, 0.3) is 0 Å². The summed E-state index contributed by atoms with van der Waals surface area (Å²) in [5.41, 5.74) is 0. The Kier molecular flexibility index (Phi) is 48.5. The number of hydrogen-bond acceptors (Lipinski definition) is 5. The first-order valence-electron chi connectivity index (χ1n) is 27.4. The number of carbonyl (C=O) groups is 2. The van der Waals surface area contributed by atoms with E-state index in [1.54, 1.807) is 0 Å². The summed E-state index contributed by atoms with van der Waals surface area (Å²) in [6.45, 7) is 6.48. The number of ether oxygens (including phenoxy) is 1. The number of hydrogen-bond donors (Lipinski definition) is 3. The van der Waals surface area contributed by atoms with Crippen molar-refractivity contribution < 1.29 is 24.5 Å². The van der Waals surface area contributed by atoms with Crippen molar-refractivity contribution in [2.45, 2.75) is 322 Å². The molecule has 0 aromatic heterocycles. The van der Waals surface area contributed by atoms with Crippen LogP contribution in [0.1, 0.15) is 303 Å². The number of carbonyl (C=O) groups excluding carboxylic acids is 2. The fraction of sp³-hybridized carbons (Fsp3) is 0.927. The third kappa shape index (κ3) is 45.0. The molecule has 61 heavy (non-hydrogen) atoms. The van der Waals surface area contributed by atoms with Crippen LogP contribution in [-0.4, -0.2) is 46.9 Å². The van der Waals surface area contributed by atoms with Gasteiger partial charge in [0.25, 0.3) is 0 Å². The summed E-state index contributed by atoms with van der Waals surface area (Å²) in [6, 6.07) is -0.696. The molecule has 0 aliphatic carbocycles. The topological polar surface area (TPSA) is 95.9 Å². The van der Waals surface area contributed by atoms with Gasteiger partial charge in [-0.2, -0.15) is 0 Å². The Morgan fingerprint density at radius 1 is 0.459 bits per heavy atom. The molecule has 0 heterocycles. The number of nitrogens with one attached hydrogen (secondary N) is 1. The van der Waals surface area contributed by atoms with Crippen molar-refractivity contribution in [3.8, 4) is 0 Å². The van der Waals surface area contributed by atoms with Gasteiger partial charge in [0, 0.05) is 6.42 Å². The van der Waals surface area contributed by atoms with Gasteiger partial charge in [0.05, 0.1) is 25.2 Å². The SMILES string of the molecule is CCCC/C=C\CCCCCCCC(=O)OC(CCCCCCCCCCCCCCCCC)CC(=O)NC(CO)C(O)CCCCCCCCCCCCCCCCCC. The standard InChI is InChI=1S/C55H107NO5/c1-4-7-10-13-16-19-22-24-26-28-30-33-35-38-41-44-47-53(58)52(50-57)56-54(59)49-51(61-55(60)48-45-42-39-36-31-21-18-15-12-9-6-3)46-43-40-37-34-32-29-27-25-23-20-17-14-11-8-5-2/h15,18,51-53,57-58H,4-14,16-17,19-50H2,1-3H3,(H,56,59)/b18-15-. The Morgan fingerprint density at radius 2 is 0.803 bits per heavy atom. The zero-order valence-electron chi connectivity index (χ0n) is 41.3. The van der Waals surface area contributed by atoms with E-state index < -0.39 is 18.2 Å². The van der Waals surface area contributed by atoms with Crippen LogP contribution >= 0.6 is 0 Å². The molecule has 3 atom stereocenters. The van der Waals surface area contributed by atoms with E-state index in [0.29, 0.717) is 19.3 Å². The molecule has 0 aromatic rings. The second-order valence-corrected chi connectivity index (χ2v) is 19.0. The normalized spacial score (nSPS) is 13.2. The lowest BCUT2D eigenvalue weighted by molar-refractivity contribution is -0.151. The highest BCUT2D eigenvalue weighted by Crippen LogP contribution is 2.19. The van der Waals surface area contributed by atoms with Gasteiger partial charge in [-0.1, -0.05) is 258 Å². The molecule has 3 unspecified atom stereocenters. The van der Waals surface area contributed by atoms with Crippen LogP contribution in [0.5, 0.6) is 0 Å². The molecule has 0 radical (unpaired) electrons. The lowest BCUT2D eigenvalue weighted by Gasteiger charge is -2.24. The number of aliphatic hydroxyl groups is 2. The molecule has 0 saturated carbocycles. The van der Waals surface area contributed by atoms with Crippen molar-refractivity contribution in [3.05, 3.63) is 12.2 Å². The summed E-state index contributed by atoms with van der Waals surface area (Å²) < 4.78 is 5.94. The predicted octanol–water partition coefficient (Wildman–Crippen LogP) is 16.5. The van der Waals surface area contributed by atoms with Crippen LogP contribution in [0.2, 0.25) is 0 Å². The molecular weight excluding hydrogens is 755 g/mol. The fourth-order valence-corrected chi connectivity index (χ4v) is 8.65. The van der Waals surface area contributed by atoms with Gasteiger partial charge in [-0.05, 0) is 44.9 Å². The number of rotatable bonds is 50. The van der Waals surface area contributed by atoms with Gasteiger partial charge in [0.1, 0.15) is 6.10 Å². The van der Waals surface area contributed by atoms with Crippen LogP contribution < -0.4 is 5.32 Å². The molecule has 0 spiro atoms. The largest absolute Gasteiger partial charge is 0.462 e. The van der Waals surface area contributed by atoms with Crippen molar-refractivity contribution in [2.75, 3.05) is 6.61 Å². The van der Waals surface area contributed by atoms with Crippen LogP contribution in [0.3, 0.4) is 0 Å². The highest BCUT2D eigenvalue weighted by molar-refractivity contribution is 5.77. The minimum absolute atomic E-state index is 0.0817. The maximum Gasteiger partial charge on any atom is 0.306 e. The first-order valence-corrected chi connectivity index (χ1v) is 27.4. The van der Waals surface area contributed by atoms with Gasteiger partial charge in [-0.3, -0.25) is 9.59 Å². The molecule has 0 aromatic carbocycles. The molecule has 0 fully saturated rings. The second-order valence-electron chi connectivity index (χ2n) is 19.0. The van der Waals surface area contributed by atoms with E-state index in [2.05, 4.69) is 38.2 Å². The van der Waals surface area contributed by atoms with Gasteiger partial charge in [-0.15, -0.1) is 0 Å². The summed E-state index contributed by atoms with van der Waals surface area (Å²) in [5.74, 6) is -0.465. The van der Waals surface area contributed by atoms with Crippen LogP contribution in [0.4, 0.5) is 0 Å². The quantitative estimate of drug-likeness (QED) is 0.0322. The average Bonchev–Trinajstić information content (AvgIpc) is 3.25. The van der Waals surface area contributed by atoms with Crippen LogP contribution in [-0.2, 0) is 14.3 Å². The Balaban J connectivity index is 4.48. The molecule has 0 bridgehead atoms. The number of allylic oxidation sites excluding steroid dienone is 2. The molecular formula is C55H107NO5. The zero-order valence-corrected chi connectivity index (χ0v) is 41.3. The van der Waals surface area contributed by atoms with E-state index in [9.17, 15) is 19.8 Å². The van der Waals surface area contributed by atoms with Crippen LogP contribution in [0.15, 0.2) is 12.2 Å². The van der Waals surface area contributed by atoms with E-state index in [1.165, 1.54) is 205 Å². The van der Waals surface area contributed by atoms with Crippen molar-refractivity contribution in [1.29, 1.82) is 0 Å². The van der Waals surface area contributed by atoms with Gasteiger partial charge >= 0.3 is 5.97 Å². The van der Waals surface area contributed by atoms with Crippen molar-refractivity contribution in [1.82, 2.24) is 5.32 Å². The molecule has 3 N–H and O–H groups in total. The Morgan fingerprint density at radius 3 is 1.21 bits per heavy atom. The van der Waals surface area contributed by atoms with E-state index >= 15 is 0 Å². The van der Waals surface area contributed by atoms with Crippen molar-refractivity contribution >= 4 is 11.9 Å². The fourth-order valence-electron chi connectivity index (χ4n) is 8.65. The molecule has 1 amide bonds. The molecule has 0 aliphatic heterocycles. The highest BCUT2D eigenvalue weighted by Gasteiger charge is 2.24. The monoisotopic (exact) mass is 862 g/mol. The summed E-state index contributed by atoms with van der Waals surface area (Å²) in [4.78, 5) is 26.1. The first-order chi connectivity index (χ1) is 30.0. The highest BCUT2D eigenvalue weighted by atomic mass is 16.5. The Labute approximate surface area is 380 Å². The predicted molar refractivity (Wildman–Crippen MR) is 264 cm³/mol. The molecule has 6 nitrogen and oxygen atoms in total. The minimum Gasteiger partial charge on any atom is -0.462 e. The van der Waals surface area contributed by atoms with Gasteiger partial charge in [0.2, 0.25) is 5.91 Å². The third-order valence-corrected chi connectivity index (χ3v) is 12.8. The van der Waals surface area contributed by atoms with Crippen LogP contribution in [0, 0.1) is 0 Å². The smallest absolute Gasteiger partial charge is 0.306 e. The molecule has 0 saturated heterocycles. The summed E-state index contributed by atoms with van der Waals surface area (Å²) >= 11 is 0. The van der Waals surface area contributed by atoms with Gasteiger partial charge in [0.15, 0.2) is 0 Å². The van der Waals surface area contributed by atoms with E-state index in [0.717, 1.165) is 51.4 Å². The molecule has 0 aliphatic rings. The Hall–Kier alpha value is -1.40. The Bertz CT molecular complexity index is 924. The number of amides is 1. The average molecular weight is 862 g/mol.